The molecule has 4 rings (SSSR count). The Bertz CT molecular complexity index is 1240. The molecule has 0 fully saturated rings. The number of phenolic OH excluding ortho intramolecular Hbond substituents is 1. The molecule has 0 radical (unpaired) electrons. The van der Waals surface area contributed by atoms with Gasteiger partial charge in [0.05, 0.1) is 40.6 Å². The number of phenols is 1. The van der Waals surface area contributed by atoms with Gasteiger partial charge in [0.1, 0.15) is 17.1 Å². The van der Waals surface area contributed by atoms with E-state index in [4.69, 9.17) is 9.15 Å². The van der Waals surface area contributed by atoms with Crippen molar-refractivity contribution in [2.24, 2.45) is 0 Å². The highest BCUT2D eigenvalue weighted by Gasteiger charge is 2.21. The number of aromatic hydroxyl groups is 1. The molecule has 0 atom stereocenters. The molecule has 26 heavy (non-hydrogen) atoms. The topological polar surface area (TPSA) is 75.5 Å². The van der Waals surface area contributed by atoms with E-state index in [0.29, 0.717) is 39.6 Å². The molecule has 0 aliphatic rings. The fourth-order valence-electron chi connectivity index (χ4n) is 3.42. The standard InChI is InChI=1S/C21H19NO4/c1-11(2)7-8-13-18-16(21(25-3)14-9-10-26-20(13)14)19(24)12-5-4-6-15(23)17(12)22-18/h4-7,9-10,23H,8H2,1-3H3,(H,22,24). The maximum Gasteiger partial charge on any atom is 0.201 e. The third-order valence-electron chi connectivity index (χ3n) is 4.65. The van der Waals surface area contributed by atoms with Crippen LogP contribution in [0.25, 0.3) is 32.8 Å². The molecule has 2 N–H and O–H groups in total. The van der Waals surface area contributed by atoms with Crippen LogP contribution in [0, 0.1) is 0 Å². The lowest BCUT2D eigenvalue weighted by Crippen LogP contribution is -2.08. The summed E-state index contributed by atoms with van der Waals surface area (Å²) < 4.78 is 11.3. The van der Waals surface area contributed by atoms with Gasteiger partial charge in [-0.3, -0.25) is 4.79 Å². The minimum absolute atomic E-state index is 0.0353. The van der Waals surface area contributed by atoms with Crippen LogP contribution in [0.5, 0.6) is 11.5 Å². The molecule has 0 saturated carbocycles. The summed E-state index contributed by atoms with van der Waals surface area (Å²) in [4.78, 5) is 16.5. The normalized spacial score (nSPS) is 11.3. The Kier molecular flexibility index (Phi) is 3.72. The summed E-state index contributed by atoms with van der Waals surface area (Å²) >= 11 is 0. The molecule has 0 aliphatic carbocycles. The molecule has 5 heteroatoms. The molecule has 0 unspecified atom stereocenters. The van der Waals surface area contributed by atoms with Crippen molar-refractivity contribution in [3.05, 3.63) is 58.0 Å². The predicted octanol–water partition coefficient (Wildman–Crippen LogP) is 4.65. The molecule has 5 nitrogen and oxygen atoms in total. The SMILES string of the molecule is COc1c2ccoc2c(CC=C(C)C)c2[nH]c3c(O)cccc3c(=O)c12. The van der Waals surface area contributed by atoms with Gasteiger partial charge in [0.25, 0.3) is 0 Å². The Labute approximate surface area is 149 Å². The molecule has 0 aliphatic heterocycles. The first-order valence-corrected chi connectivity index (χ1v) is 8.40. The number of aromatic nitrogens is 1. The summed E-state index contributed by atoms with van der Waals surface area (Å²) in [5.74, 6) is 0.518. The van der Waals surface area contributed by atoms with Gasteiger partial charge in [-0.2, -0.15) is 0 Å². The molecular weight excluding hydrogens is 330 g/mol. The largest absolute Gasteiger partial charge is 0.506 e. The van der Waals surface area contributed by atoms with Crippen LogP contribution >= 0.6 is 0 Å². The Morgan fingerprint density at radius 3 is 2.77 bits per heavy atom. The summed E-state index contributed by atoms with van der Waals surface area (Å²) in [5, 5.41) is 11.9. The summed E-state index contributed by atoms with van der Waals surface area (Å²) in [6.07, 6.45) is 4.28. The van der Waals surface area contributed by atoms with Gasteiger partial charge < -0.3 is 19.2 Å². The number of pyridine rings is 1. The summed E-state index contributed by atoms with van der Waals surface area (Å²) in [5.41, 5.74) is 3.57. The number of aromatic amines is 1. The van der Waals surface area contributed by atoms with Crippen molar-refractivity contribution in [1.29, 1.82) is 0 Å². The quantitative estimate of drug-likeness (QED) is 0.417. The Morgan fingerprint density at radius 1 is 1.23 bits per heavy atom. The van der Waals surface area contributed by atoms with E-state index in [1.165, 1.54) is 5.57 Å². The maximum atomic E-state index is 13.2. The van der Waals surface area contributed by atoms with Gasteiger partial charge in [0, 0.05) is 5.56 Å². The van der Waals surface area contributed by atoms with Crippen LogP contribution in [0.1, 0.15) is 19.4 Å². The minimum Gasteiger partial charge on any atom is -0.506 e. The van der Waals surface area contributed by atoms with Crippen LogP contribution in [-0.4, -0.2) is 17.2 Å². The minimum atomic E-state index is -0.178. The molecule has 0 bridgehead atoms. The third kappa shape index (κ3) is 2.28. The highest BCUT2D eigenvalue weighted by Crippen LogP contribution is 2.38. The number of hydrogen-bond donors (Lipinski definition) is 2. The van der Waals surface area contributed by atoms with Gasteiger partial charge in [-0.1, -0.05) is 17.7 Å². The lowest BCUT2D eigenvalue weighted by molar-refractivity contribution is 0.424. The Balaban J connectivity index is 2.28. The average molecular weight is 349 g/mol. The van der Waals surface area contributed by atoms with Gasteiger partial charge in [0.15, 0.2) is 0 Å². The number of fused-ring (bicyclic) bond motifs is 3. The third-order valence-corrected chi connectivity index (χ3v) is 4.65. The second-order valence-electron chi connectivity index (χ2n) is 6.56. The van der Waals surface area contributed by atoms with Crippen LogP contribution in [0.4, 0.5) is 0 Å². The average Bonchev–Trinajstić information content (AvgIpc) is 3.09. The van der Waals surface area contributed by atoms with E-state index in [-0.39, 0.29) is 11.2 Å². The van der Waals surface area contributed by atoms with Crippen molar-refractivity contribution in [3.8, 4) is 11.5 Å². The summed E-state index contributed by atoms with van der Waals surface area (Å²) in [6, 6.07) is 6.72. The number of furan rings is 1. The lowest BCUT2D eigenvalue weighted by Gasteiger charge is -2.13. The van der Waals surface area contributed by atoms with E-state index in [1.54, 1.807) is 31.6 Å². The number of ether oxygens (including phenoxy) is 1. The first kappa shape index (κ1) is 16.3. The van der Waals surface area contributed by atoms with Crippen molar-refractivity contribution >= 4 is 32.8 Å². The number of H-pyrrole nitrogens is 1. The zero-order valence-electron chi connectivity index (χ0n) is 14.8. The van der Waals surface area contributed by atoms with Crippen LogP contribution < -0.4 is 10.2 Å². The van der Waals surface area contributed by atoms with Crippen LogP contribution in [0.2, 0.25) is 0 Å². The van der Waals surface area contributed by atoms with E-state index in [2.05, 4.69) is 11.1 Å². The molecule has 0 spiro atoms. The number of rotatable bonds is 3. The Morgan fingerprint density at radius 2 is 2.04 bits per heavy atom. The maximum absolute atomic E-state index is 13.2. The van der Waals surface area contributed by atoms with Gasteiger partial charge in [-0.15, -0.1) is 0 Å². The fraction of sp³-hybridized carbons (Fsp3) is 0.190. The van der Waals surface area contributed by atoms with Crippen molar-refractivity contribution in [2.75, 3.05) is 7.11 Å². The van der Waals surface area contributed by atoms with Crippen LogP contribution in [0.15, 0.2) is 51.4 Å². The number of hydrogen-bond acceptors (Lipinski definition) is 4. The second-order valence-corrected chi connectivity index (χ2v) is 6.56. The lowest BCUT2D eigenvalue weighted by atomic mass is 9.99. The van der Waals surface area contributed by atoms with E-state index in [1.807, 2.05) is 19.9 Å². The van der Waals surface area contributed by atoms with E-state index < -0.39 is 0 Å². The van der Waals surface area contributed by atoms with Gasteiger partial charge >= 0.3 is 0 Å². The van der Waals surface area contributed by atoms with Crippen molar-refractivity contribution in [2.45, 2.75) is 20.3 Å². The molecule has 2 heterocycles. The predicted molar refractivity (Wildman–Crippen MR) is 103 cm³/mol. The molecule has 2 aromatic carbocycles. The number of methoxy groups -OCH3 is 1. The number of allylic oxidation sites excluding steroid dienone is 2. The van der Waals surface area contributed by atoms with Gasteiger partial charge in [-0.05, 0) is 38.5 Å². The van der Waals surface area contributed by atoms with Crippen LogP contribution in [0.3, 0.4) is 0 Å². The highest BCUT2D eigenvalue weighted by atomic mass is 16.5. The molecular formula is C21H19NO4. The van der Waals surface area contributed by atoms with Crippen LogP contribution in [-0.2, 0) is 6.42 Å². The monoisotopic (exact) mass is 349 g/mol. The zero-order valence-corrected chi connectivity index (χ0v) is 14.8. The fourth-order valence-corrected chi connectivity index (χ4v) is 3.42. The molecule has 2 aromatic heterocycles. The van der Waals surface area contributed by atoms with E-state index in [0.717, 1.165) is 10.9 Å². The van der Waals surface area contributed by atoms with E-state index in [9.17, 15) is 9.90 Å². The number of nitrogens with one attached hydrogen (secondary N) is 1. The number of benzene rings is 2. The first-order valence-electron chi connectivity index (χ1n) is 8.40. The molecule has 0 saturated heterocycles. The first-order chi connectivity index (χ1) is 12.5. The van der Waals surface area contributed by atoms with Gasteiger partial charge in [0.2, 0.25) is 5.43 Å². The van der Waals surface area contributed by atoms with Crippen molar-refractivity contribution in [1.82, 2.24) is 4.98 Å². The smallest absolute Gasteiger partial charge is 0.201 e. The Hall–Kier alpha value is -3.21. The summed E-state index contributed by atoms with van der Waals surface area (Å²) in [6.45, 7) is 4.05. The van der Waals surface area contributed by atoms with Gasteiger partial charge in [-0.25, -0.2) is 0 Å². The second kappa shape index (κ2) is 5.95. The van der Waals surface area contributed by atoms with E-state index >= 15 is 0 Å². The summed E-state index contributed by atoms with van der Waals surface area (Å²) in [7, 11) is 1.54. The molecule has 0 amide bonds. The zero-order chi connectivity index (χ0) is 18.4. The van der Waals surface area contributed by atoms with Crippen molar-refractivity contribution in [3.63, 3.8) is 0 Å². The molecule has 132 valence electrons. The highest BCUT2D eigenvalue weighted by molar-refractivity contribution is 6.08. The number of para-hydroxylation sites is 1. The van der Waals surface area contributed by atoms with Crippen molar-refractivity contribution < 1.29 is 14.3 Å². The molecule has 4 aromatic rings.